The first kappa shape index (κ1) is 15.3. The molecule has 0 aliphatic rings. The number of halogens is 1. The van der Waals surface area contributed by atoms with E-state index >= 15 is 0 Å². The van der Waals surface area contributed by atoms with E-state index in [4.69, 9.17) is 11.6 Å². The van der Waals surface area contributed by atoms with Gasteiger partial charge in [-0.2, -0.15) is 5.26 Å². The fourth-order valence-corrected chi connectivity index (χ4v) is 3.04. The second-order valence-electron chi connectivity index (χ2n) is 4.78. The molecule has 1 heterocycles. The third-order valence-electron chi connectivity index (χ3n) is 3.21. The number of hydrogen-bond acceptors (Lipinski definition) is 4. The Bertz CT molecular complexity index is 910. The molecule has 0 spiro atoms. The van der Waals surface area contributed by atoms with Crippen molar-refractivity contribution in [1.29, 1.82) is 5.26 Å². The first-order valence-electron chi connectivity index (χ1n) is 6.79. The fraction of sp³-hybridized carbons (Fsp3) is 0. The van der Waals surface area contributed by atoms with Crippen molar-refractivity contribution in [3.8, 4) is 23.1 Å². The largest absolute Gasteiger partial charge is 0.506 e. The zero-order valence-corrected chi connectivity index (χ0v) is 13.5. The van der Waals surface area contributed by atoms with Crippen LogP contribution in [0, 0.1) is 11.3 Å². The molecule has 3 aromatic rings. The number of phenolic OH excluding ortho intramolecular Hbond substituents is 1. The van der Waals surface area contributed by atoms with Gasteiger partial charge in [-0.25, -0.2) is 4.98 Å². The predicted molar refractivity (Wildman–Crippen MR) is 94.2 cm³/mol. The third-order valence-corrected chi connectivity index (χ3v) is 4.39. The third kappa shape index (κ3) is 3.42. The highest BCUT2D eigenvalue weighted by atomic mass is 35.5. The summed E-state index contributed by atoms with van der Waals surface area (Å²) in [5.74, 6) is 0.0166. The Balaban J connectivity index is 1.96. The van der Waals surface area contributed by atoms with Crippen LogP contribution in [0.2, 0.25) is 5.02 Å². The normalized spacial score (nSPS) is 11.2. The van der Waals surface area contributed by atoms with Crippen molar-refractivity contribution in [2.45, 2.75) is 0 Å². The second kappa shape index (κ2) is 6.66. The highest BCUT2D eigenvalue weighted by molar-refractivity contribution is 7.11. The van der Waals surface area contributed by atoms with Gasteiger partial charge in [-0.1, -0.05) is 48.0 Å². The maximum Gasteiger partial charge on any atom is 0.134 e. The van der Waals surface area contributed by atoms with E-state index in [9.17, 15) is 10.4 Å². The van der Waals surface area contributed by atoms with E-state index in [1.807, 2.05) is 35.7 Å². The highest BCUT2D eigenvalue weighted by Gasteiger charge is 2.09. The lowest BCUT2D eigenvalue weighted by molar-refractivity contribution is 0.475. The van der Waals surface area contributed by atoms with Crippen molar-refractivity contribution in [3.63, 3.8) is 0 Å². The monoisotopic (exact) mass is 338 g/mol. The standard InChI is InChI=1S/C18H11ClN2OS/c19-15-9-12(6-7-17(15)22)8-14(10-20)18-21-16(11-23-18)13-4-2-1-3-5-13/h1-9,11,22H. The summed E-state index contributed by atoms with van der Waals surface area (Å²) in [6, 6.07) is 16.8. The molecule has 0 amide bonds. The zero-order valence-electron chi connectivity index (χ0n) is 11.9. The quantitative estimate of drug-likeness (QED) is 0.665. The minimum Gasteiger partial charge on any atom is -0.506 e. The maximum absolute atomic E-state index is 9.45. The lowest BCUT2D eigenvalue weighted by Crippen LogP contribution is -1.83. The molecule has 0 aliphatic heterocycles. The molecular weight excluding hydrogens is 328 g/mol. The molecule has 23 heavy (non-hydrogen) atoms. The Morgan fingerprint density at radius 1 is 1.22 bits per heavy atom. The average Bonchev–Trinajstić information content (AvgIpc) is 3.06. The van der Waals surface area contributed by atoms with E-state index in [2.05, 4.69) is 11.1 Å². The van der Waals surface area contributed by atoms with Crippen molar-refractivity contribution in [1.82, 2.24) is 4.98 Å². The van der Waals surface area contributed by atoms with Crippen LogP contribution in [0.3, 0.4) is 0 Å². The van der Waals surface area contributed by atoms with Crippen LogP contribution < -0.4 is 0 Å². The summed E-state index contributed by atoms with van der Waals surface area (Å²) in [4.78, 5) is 4.53. The zero-order chi connectivity index (χ0) is 16.2. The summed E-state index contributed by atoms with van der Waals surface area (Å²) in [6.45, 7) is 0. The van der Waals surface area contributed by atoms with Crippen LogP contribution >= 0.6 is 22.9 Å². The molecule has 0 fully saturated rings. The molecule has 0 saturated heterocycles. The summed E-state index contributed by atoms with van der Waals surface area (Å²) in [5, 5.41) is 21.7. The lowest BCUT2D eigenvalue weighted by Gasteiger charge is -1.99. The van der Waals surface area contributed by atoms with E-state index in [0.29, 0.717) is 10.6 Å². The van der Waals surface area contributed by atoms with Crippen LogP contribution in [-0.4, -0.2) is 10.1 Å². The Morgan fingerprint density at radius 3 is 2.70 bits per heavy atom. The smallest absolute Gasteiger partial charge is 0.134 e. The topological polar surface area (TPSA) is 56.9 Å². The molecule has 3 nitrogen and oxygen atoms in total. The molecule has 112 valence electrons. The molecule has 1 aromatic heterocycles. The predicted octanol–water partition coefficient (Wildman–Crippen LogP) is 5.23. The van der Waals surface area contributed by atoms with E-state index in [-0.39, 0.29) is 10.8 Å². The number of allylic oxidation sites excluding steroid dienone is 1. The molecule has 0 saturated carbocycles. The SMILES string of the molecule is N#CC(=Cc1ccc(O)c(Cl)c1)c1nc(-c2ccccc2)cs1. The number of nitrogens with zero attached hydrogens (tertiary/aromatic N) is 2. The summed E-state index contributed by atoms with van der Waals surface area (Å²) in [5.41, 5.74) is 3.05. The second-order valence-corrected chi connectivity index (χ2v) is 6.05. The number of phenols is 1. The number of aromatic nitrogens is 1. The number of hydrogen-bond donors (Lipinski definition) is 1. The summed E-state index contributed by atoms with van der Waals surface area (Å²) >= 11 is 7.31. The molecule has 5 heteroatoms. The van der Waals surface area contributed by atoms with Crippen molar-refractivity contribution in [2.75, 3.05) is 0 Å². The molecule has 0 aliphatic carbocycles. The average molecular weight is 339 g/mol. The van der Waals surface area contributed by atoms with Crippen LogP contribution in [0.15, 0.2) is 53.9 Å². The van der Waals surface area contributed by atoms with Crippen molar-refractivity contribution in [3.05, 3.63) is 69.5 Å². The molecular formula is C18H11ClN2OS. The van der Waals surface area contributed by atoms with E-state index in [0.717, 1.165) is 16.8 Å². The summed E-state index contributed by atoms with van der Waals surface area (Å²) < 4.78 is 0. The molecule has 0 radical (unpaired) electrons. The fourth-order valence-electron chi connectivity index (χ4n) is 2.06. The van der Waals surface area contributed by atoms with E-state index in [1.54, 1.807) is 18.2 Å². The molecule has 1 N–H and O–H groups in total. The van der Waals surface area contributed by atoms with Crippen molar-refractivity contribution >= 4 is 34.6 Å². The Morgan fingerprint density at radius 2 is 2.00 bits per heavy atom. The summed E-state index contributed by atoms with van der Waals surface area (Å²) in [7, 11) is 0. The number of aromatic hydroxyl groups is 1. The lowest BCUT2D eigenvalue weighted by atomic mass is 10.1. The number of nitriles is 1. The van der Waals surface area contributed by atoms with Crippen LogP contribution in [0.4, 0.5) is 0 Å². The van der Waals surface area contributed by atoms with Gasteiger partial charge in [0, 0.05) is 10.9 Å². The number of rotatable bonds is 3. The molecule has 0 bridgehead atoms. The Hall–Kier alpha value is -2.61. The van der Waals surface area contributed by atoms with Gasteiger partial charge in [-0.3, -0.25) is 0 Å². The first-order valence-corrected chi connectivity index (χ1v) is 8.05. The van der Waals surface area contributed by atoms with Gasteiger partial charge in [0.15, 0.2) is 0 Å². The van der Waals surface area contributed by atoms with E-state index < -0.39 is 0 Å². The molecule has 2 aromatic carbocycles. The minimum absolute atomic E-state index is 0.0166. The summed E-state index contributed by atoms with van der Waals surface area (Å²) in [6.07, 6.45) is 1.71. The highest BCUT2D eigenvalue weighted by Crippen LogP contribution is 2.29. The van der Waals surface area contributed by atoms with Gasteiger partial charge < -0.3 is 5.11 Å². The van der Waals surface area contributed by atoms with Gasteiger partial charge in [-0.05, 0) is 23.8 Å². The Kier molecular flexibility index (Phi) is 4.42. The maximum atomic E-state index is 9.45. The Labute approximate surface area is 142 Å². The van der Waals surface area contributed by atoms with Gasteiger partial charge in [0.2, 0.25) is 0 Å². The van der Waals surface area contributed by atoms with Gasteiger partial charge in [0.1, 0.15) is 16.8 Å². The van der Waals surface area contributed by atoms with E-state index in [1.165, 1.54) is 17.4 Å². The number of benzene rings is 2. The molecule has 0 atom stereocenters. The first-order chi connectivity index (χ1) is 11.2. The van der Waals surface area contributed by atoms with Crippen LogP contribution in [0.5, 0.6) is 5.75 Å². The minimum atomic E-state index is 0.0166. The number of thiazole rings is 1. The van der Waals surface area contributed by atoms with Gasteiger partial charge in [-0.15, -0.1) is 11.3 Å². The molecule has 3 rings (SSSR count). The van der Waals surface area contributed by atoms with Crippen molar-refractivity contribution in [2.24, 2.45) is 0 Å². The van der Waals surface area contributed by atoms with Gasteiger partial charge in [0.25, 0.3) is 0 Å². The van der Waals surface area contributed by atoms with Gasteiger partial charge >= 0.3 is 0 Å². The van der Waals surface area contributed by atoms with Crippen LogP contribution in [0.1, 0.15) is 10.6 Å². The van der Waals surface area contributed by atoms with Gasteiger partial charge in [0.05, 0.1) is 16.3 Å². The van der Waals surface area contributed by atoms with Crippen LogP contribution in [0.25, 0.3) is 22.9 Å². The van der Waals surface area contributed by atoms with Crippen molar-refractivity contribution < 1.29 is 5.11 Å². The molecule has 0 unspecified atom stereocenters. The van der Waals surface area contributed by atoms with Crippen LogP contribution in [-0.2, 0) is 0 Å².